The molecule has 0 aliphatic carbocycles. The molecule has 5 nitrogen and oxygen atoms in total. The van der Waals surface area contributed by atoms with Gasteiger partial charge in [0.05, 0.1) is 17.9 Å². The SMILES string of the molecule is N#CCC[C](CCC#N)CS(=O)(=O)O. The van der Waals surface area contributed by atoms with Gasteiger partial charge < -0.3 is 0 Å². The molecule has 0 spiro atoms. The Hall–Kier alpha value is -1.11. The maximum absolute atomic E-state index is 10.5. The van der Waals surface area contributed by atoms with Crippen molar-refractivity contribution in [2.75, 3.05) is 5.75 Å². The monoisotopic (exact) mass is 215 g/mol. The first-order valence-corrected chi connectivity index (χ1v) is 5.63. The summed E-state index contributed by atoms with van der Waals surface area (Å²) in [6.45, 7) is 0. The molecule has 0 aromatic heterocycles. The molecule has 1 radical (unpaired) electrons. The van der Waals surface area contributed by atoms with Gasteiger partial charge in [-0.25, -0.2) is 0 Å². The van der Waals surface area contributed by atoms with Crippen LogP contribution >= 0.6 is 0 Å². The molecule has 77 valence electrons. The summed E-state index contributed by atoms with van der Waals surface area (Å²) in [5.41, 5.74) is 0. The van der Waals surface area contributed by atoms with Crippen LogP contribution in [0.1, 0.15) is 25.7 Å². The average molecular weight is 215 g/mol. The Bertz CT molecular complexity index is 319. The number of nitrogens with zero attached hydrogens (tertiary/aromatic N) is 2. The van der Waals surface area contributed by atoms with Gasteiger partial charge in [0.1, 0.15) is 0 Å². The van der Waals surface area contributed by atoms with Crippen LogP contribution in [0.5, 0.6) is 0 Å². The standard InChI is InChI=1S/C8H11N2O3S/c9-5-1-3-8(4-2-6-10)7-14(11,12)13/h1-4,7H2,(H,11,12,13). The van der Waals surface area contributed by atoms with E-state index in [9.17, 15) is 8.42 Å². The minimum absolute atomic E-state index is 0.205. The zero-order valence-electron chi connectivity index (χ0n) is 7.60. The van der Waals surface area contributed by atoms with Crippen molar-refractivity contribution in [2.24, 2.45) is 0 Å². The molecule has 14 heavy (non-hydrogen) atoms. The molecular weight excluding hydrogens is 204 g/mol. The normalized spacial score (nSPS) is 10.9. The molecule has 0 heterocycles. The molecule has 0 fully saturated rings. The van der Waals surface area contributed by atoms with Crippen molar-refractivity contribution < 1.29 is 13.0 Å². The highest BCUT2D eigenvalue weighted by Crippen LogP contribution is 2.17. The van der Waals surface area contributed by atoms with Gasteiger partial charge in [-0.3, -0.25) is 4.55 Å². The summed E-state index contributed by atoms with van der Waals surface area (Å²) < 4.78 is 29.6. The van der Waals surface area contributed by atoms with Crippen molar-refractivity contribution in [3.05, 3.63) is 5.92 Å². The predicted molar refractivity (Wildman–Crippen MR) is 49.4 cm³/mol. The average Bonchev–Trinajstić information content (AvgIpc) is 2.07. The molecule has 6 heteroatoms. The van der Waals surface area contributed by atoms with Crippen LogP contribution in [0.15, 0.2) is 0 Å². The molecule has 0 aliphatic heterocycles. The maximum atomic E-state index is 10.5. The highest BCUT2D eigenvalue weighted by Gasteiger charge is 2.16. The van der Waals surface area contributed by atoms with Gasteiger partial charge in [-0.1, -0.05) is 0 Å². The topological polar surface area (TPSA) is 102 Å². The van der Waals surface area contributed by atoms with Crippen molar-refractivity contribution in [1.29, 1.82) is 10.5 Å². The molecule has 0 aliphatic rings. The molecule has 0 atom stereocenters. The third-order valence-electron chi connectivity index (χ3n) is 1.57. The second-order valence-corrected chi connectivity index (χ2v) is 4.24. The van der Waals surface area contributed by atoms with E-state index in [4.69, 9.17) is 15.1 Å². The molecule has 0 rings (SSSR count). The van der Waals surface area contributed by atoms with E-state index in [2.05, 4.69) is 0 Å². The highest BCUT2D eigenvalue weighted by atomic mass is 32.2. The van der Waals surface area contributed by atoms with Crippen LogP contribution in [-0.2, 0) is 10.1 Å². The summed E-state index contributed by atoms with van der Waals surface area (Å²) in [5.74, 6) is 0.0756. The van der Waals surface area contributed by atoms with E-state index in [1.807, 2.05) is 12.1 Å². The van der Waals surface area contributed by atoms with E-state index in [0.717, 1.165) is 0 Å². The summed E-state index contributed by atoms with van der Waals surface area (Å²) >= 11 is 0. The highest BCUT2D eigenvalue weighted by molar-refractivity contribution is 7.85. The first-order chi connectivity index (χ1) is 6.49. The second-order valence-electron chi connectivity index (χ2n) is 2.79. The van der Waals surface area contributed by atoms with Crippen LogP contribution in [0.2, 0.25) is 0 Å². The van der Waals surface area contributed by atoms with Crippen molar-refractivity contribution in [3.8, 4) is 12.1 Å². The Morgan fingerprint density at radius 2 is 1.57 bits per heavy atom. The van der Waals surface area contributed by atoms with Crippen LogP contribution in [0, 0.1) is 28.6 Å². The number of rotatable bonds is 6. The molecule has 0 saturated carbocycles. The van der Waals surface area contributed by atoms with Crippen LogP contribution in [0.3, 0.4) is 0 Å². The van der Waals surface area contributed by atoms with Crippen LogP contribution in [0.25, 0.3) is 0 Å². The van der Waals surface area contributed by atoms with E-state index < -0.39 is 15.9 Å². The fourth-order valence-electron chi connectivity index (χ4n) is 0.993. The fraction of sp³-hybridized carbons (Fsp3) is 0.625. The first kappa shape index (κ1) is 12.9. The lowest BCUT2D eigenvalue weighted by Gasteiger charge is -2.10. The Morgan fingerprint density at radius 1 is 1.14 bits per heavy atom. The number of hydrogen-bond donors (Lipinski definition) is 1. The summed E-state index contributed by atoms with van der Waals surface area (Å²) in [6, 6.07) is 3.76. The van der Waals surface area contributed by atoms with Crippen molar-refractivity contribution in [1.82, 2.24) is 0 Å². The maximum Gasteiger partial charge on any atom is 0.265 e. The molecule has 0 saturated heterocycles. The van der Waals surface area contributed by atoms with Crippen LogP contribution < -0.4 is 0 Å². The van der Waals surface area contributed by atoms with Gasteiger partial charge >= 0.3 is 0 Å². The minimum atomic E-state index is -4.04. The lowest BCUT2D eigenvalue weighted by atomic mass is 10.0. The van der Waals surface area contributed by atoms with Crippen LogP contribution in [0.4, 0.5) is 0 Å². The van der Waals surface area contributed by atoms with Gasteiger partial charge in [-0.05, 0) is 18.8 Å². The van der Waals surface area contributed by atoms with Crippen LogP contribution in [-0.4, -0.2) is 18.7 Å². The Morgan fingerprint density at radius 3 is 1.86 bits per heavy atom. The molecule has 1 N–H and O–H groups in total. The summed E-state index contributed by atoms with van der Waals surface area (Å²) in [5, 5.41) is 16.6. The molecule has 0 amide bonds. The van der Waals surface area contributed by atoms with E-state index in [0.29, 0.717) is 18.8 Å². The molecule has 0 aromatic carbocycles. The van der Waals surface area contributed by atoms with Gasteiger partial charge in [0.2, 0.25) is 0 Å². The van der Waals surface area contributed by atoms with E-state index in [1.54, 1.807) is 0 Å². The van der Waals surface area contributed by atoms with Crippen molar-refractivity contribution in [2.45, 2.75) is 25.7 Å². The van der Waals surface area contributed by atoms with Crippen molar-refractivity contribution in [3.63, 3.8) is 0 Å². The Kier molecular flexibility index (Phi) is 5.86. The predicted octanol–water partition coefficient (Wildman–Crippen LogP) is 1.06. The zero-order chi connectivity index (χ0) is 11.0. The number of nitriles is 2. The molecule has 0 bridgehead atoms. The van der Waals surface area contributed by atoms with Gasteiger partial charge in [0, 0.05) is 12.8 Å². The zero-order valence-corrected chi connectivity index (χ0v) is 8.42. The number of hydrogen-bond acceptors (Lipinski definition) is 4. The minimum Gasteiger partial charge on any atom is -0.286 e. The first-order valence-electron chi connectivity index (χ1n) is 4.02. The van der Waals surface area contributed by atoms with E-state index >= 15 is 0 Å². The molecule has 0 aromatic rings. The summed E-state index contributed by atoms with van der Waals surface area (Å²) in [7, 11) is -4.04. The van der Waals surface area contributed by atoms with Gasteiger partial charge in [0.15, 0.2) is 0 Å². The summed E-state index contributed by atoms with van der Waals surface area (Å²) in [6.07, 6.45) is 1.04. The Labute approximate surface area is 83.7 Å². The van der Waals surface area contributed by atoms with Gasteiger partial charge in [-0.2, -0.15) is 18.9 Å². The lowest BCUT2D eigenvalue weighted by Crippen LogP contribution is -2.13. The van der Waals surface area contributed by atoms with Gasteiger partial charge in [0.25, 0.3) is 10.1 Å². The third kappa shape index (κ3) is 7.53. The largest absolute Gasteiger partial charge is 0.286 e. The van der Waals surface area contributed by atoms with Gasteiger partial charge in [-0.15, -0.1) is 0 Å². The molecule has 0 unspecified atom stereocenters. The Balaban J connectivity index is 4.13. The van der Waals surface area contributed by atoms with E-state index in [1.165, 1.54) is 0 Å². The second kappa shape index (κ2) is 6.36. The summed E-state index contributed by atoms with van der Waals surface area (Å²) in [4.78, 5) is 0. The fourth-order valence-corrected chi connectivity index (χ4v) is 1.80. The smallest absolute Gasteiger partial charge is 0.265 e. The third-order valence-corrected chi connectivity index (χ3v) is 2.34. The quantitative estimate of drug-likeness (QED) is 0.667. The van der Waals surface area contributed by atoms with Crippen molar-refractivity contribution >= 4 is 10.1 Å². The lowest BCUT2D eigenvalue weighted by molar-refractivity contribution is 0.481. The molecular formula is C8H11N2O3S. The van der Waals surface area contributed by atoms with E-state index in [-0.39, 0.29) is 12.8 Å².